The second-order valence-corrected chi connectivity index (χ2v) is 7.62. The van der Waals surface area contributed by atoms with Crippen molar-refractivity contribution >= 4 is 0 Å². The molecule has 0 spiro atoms. The number of hydrogen-bond acceptors (Lipinski definition) is 3. The Hall–Kier alpha value is -0.120. The van der Waals surface area contributed by atoms with E-state index in [1.54, 1.807) is 0 Å². The van der Waals surface area contributed by atoms with Gasteiger partial charge in [0.15, 0.2) is 0 Å². The normalized spacial score (nSPS) is 35.7. The standard InChI is InChI=1S/C18H34N2O/c1-2-15-5-7-16(8-6-15)17(19)18(9-3-4-10-18)20-11-13-21-14-12-20/h15-17H,2-14,19H2,1H3. The fraction of sp³-hybridized carbons (Fsp3) is 1.00. The molecule has 3 fully saturated rings. The smallest absolute Gasteiger partial charge is 0.0594 e. The molecule has 3 rings (SSSR count). The lowest BCUT2D eigenvalue weighted by molar-refractivity contribution is -0.0416. The van der Waals surface area contributed by atoms with E-state index in [1.165, 1.54) is 57.8 Å². The first-order valence-corrected chi connectivity index (χ1v) is 9.34. The lowest BCUT2D eigenvalue weighted by Crippen LogP contribution is -2.63. The van der Waals surface area contributed by atoms with Crippen LogP contribution in [0.15, 0.2) is 0 Å². The molecule has 1 aliphatic heterocycles. The van der Waals surface area contributed by atoms with Crippen LogP contribution >= 0.6 is 0 Å². The molecule has 2 N–H and O–H groups in total. The van der Waals surface area contributed by atoms with Crippen LogP contribution < -0.4 is 5.73 Å². The van der Waals surface area contributed by atoms with Gasteiger partial charge in [-0.2, -0.15) is 0 Å². The van der Waals surface area contributed by atoms with Crippen LogP contribution in [-0.2, 0) is 4.74 Å². The van der Waals surface area contributed by atoms with Crippen LogP contribution in [-0.4, -0.2) is 42.8 Å². The third kappa shape index (κ3) is 3.16. The van der Waals surface area contributed by atoms with Crippen LogP contribution in [0.25, 0.3) is 0 Å². The summed E-state index contributed by atoms with van der Waals surface area (Å²) in [5.41, 5.74) is 7.22. The van der Waals surface area contributed by atoms with Crippen LogP contribution in [0.4, 0.5) is 0 Å². The minimum Gasteiger partial charge on any atom is -0.379 e. The van der Waals surface area contributed by atoms with Gasteiger partial charge in [0.25, 0.3) is 0 Å². The lowest BCUT2D eigenvalue weighted by atomic mass is 9.71. The average Bonchev–Trinajstić information content (AvgIpc) is 3.06. The van der Waals surface area contributed by atoms with Crippen LogP contribution in [0.2, 0.25) is 0 Å². The maximum Gasteiger partial charge on any atom is 0.0594 e. The summed E-state index contributed by atoms with van der Waals surface area (Å²) in [6.45, 7) is 6.33. The number of rotatable bonds is 4. The van der Waals surface area contributed by atoms with Crippen molar-refractivity contribution in [2.24, 2.45) is 17.6 Å². The van der Waals surface area contributed by atoms with E-state index in [1.807, 2.05) is 0 Å². The van der Waals surface area contributed by atoms with Crippen molar-refractivity contribution in [1.82, 2.24) is 4.90 Å². The molecule has 0 aromatic carbocycles. The van der Waals surface area contributed by atoms with E-state index in [0.717, 1.165) is 38.1 Å². The largest absolute Gasteiger partial charge is 0.379 e. The highest BCUT2D eigenvalue weighted by Gasteiger charge is 2.47. The van der Waals surface area contributed by atoms with E-state index in [0.29, 0.717) is 11.6 Å². The highest BCUT2D eigenvalue weighted by molar-refractivity contribution is 5.05. The molecular formula is C18H34N2O. The minimum atomic E-state index is 0.299. The number of morpholine rings is 1. The fourth-order valence-corrected chi connectivity index (χ4v) is 5.25. The summed E-state index contributed by atoms with van der Waals surface area (Å²) >= 11 is 0. The van der Waals surface area contributed by atoms with Crippen LogP contribution in [0, 0.1) is 11.8 Å². The van der Waals surface area contributed by atoms with Crippen LogP contribution in [0.5, 0.6) is 0 Å². The zero-order chi connectivity index (χ0) is 14.7. The van der Waals surface area contributed by atoms with Crippen molar-refractivity contribution in [1.29, 1.82) is 0 Å². The third-order valence-corrected chi connectivity index (χ3v) is 6.71. The Labute approximate surface area is 130 Å². The second-order valence-electron chi connectivity index (χ2n) is 7.62. The molecular weight excluding hydrogens is 260 g/mol. The Balaban J connectivity index is 1.68. The molecule has 21 heavy (non-hydrogen) atoms. The van der Waals surface area contributed by atoms with E-state index in [-0.39, 0.29) is 0 Å². The summed E-state index contributed by atoms with van der Waals surface area (Å²) in [6, 6.07) is 0.385. The molecule has 3 heteroatoms. The van der Waals surface area contributed by atoms with Gasteiger partial charge in [0.05, 0.1) is 13.2 Å². The van der Waals surface area contributed by atoms with Gasteiger partial charge in [0.1, 0.15) is 0 Å². The highest BCUT2D eigenvalue weighted by Crippen LogP contribution is 2.43. The van der Waals surface area contributed by atoms with E-state index in [9.17, 15) is 0 Å². The van der Waals surface area contributed by atoms with Gasteiger partial charge in [-0.15, -0.1) is 0 Å². The molecule has 1 atom stereocenters. The Bertz CT molecular complexity index is 313. The van der Waals surface area contributed by atoms with Crippen molar-refractivity contribution in [3.8, 4) is 0 Å². The molecule has 0 aromatic rings. The lowest BCUT2D eigenvalue weighted by Gasteiger charge is -2.50. The van der Waals surface area contributed by atoms with Gasteiger partial charge >= 0.3 is 0 Å². The maximum absolute atomic E-state index is 6.92. The van der Waals surface area contributed by atoms with Crippen LogP contribution in [0.3, 0.4) is 0 Å². The molecule has 3 aliphatic rings. The van der Waals surface area contributed by atoms with Crippen molar-refractivity contribution in [3.05, 3.63) is 0 Å². The number of hydrogen-bond donors (Lipinski definition) is 1. The van der Waals surface area contributed by atoms with Gasteiger partial charge in [0, 0.05) is 24.7 Å². The first-order chi connectivity index (χ1) is 10.3. The summed E-state index contributed by atoms with van der Waals surface area (Å²) in [6.07, 6.45) is 12.3. The molecule has 0 aromatic heterocycles. The van der Waals surface area contributed by atoms with E-state index in [4.69, 9.17) is 10.5 Å². The fourth-order valence-electron chi connectivity index (χ4n) is 5.25. The van der Waals surface area contributed by atoms with Crippen molar-refractivity contribution < 1.29 is 4.74 Å². The van der Waals surface area contributed by atoms with Gasteiger partial charge in [-0.1, -0.05) is 39.0 Å². The zero-order valence-electron chi connectivity index (χ0n) is 13.9. The summed E-state index contributed by atoms with van der Waals surface area (Å²) in [5.74, 6) is 1.73. The molecule has 2 saturated carbocycles. The van der Waals surface area contributed by atoms with Gasteiger partial charge in [0.2, 0.25) is 0 Å². The van der Waals surface area contributed by atoms with Gasteiger partial charge in [-0.25, -0.2) is 0 Å². The molecule has 1 heterocycles. The van der Waals surface area contributed by atoms with Crippen molar-refractivity contribution in [2.75, 3.05) is 26.3 Å². The minimum absolute atomic E-state index is 0.299. The predicted octanol–water partition coefficient (Wildman–Crippen LogP) is 3.18. The summed E-state index contributed by atoms with van der Waals surface area (Å²) in [4.78, 5) is 2.71. The first-order valence-electron chi connectivity index (χ1n) is 9.34. The molecule has 0 radical (unpaired) electrons. The molecule has 1 unspecified atom stereocenters. The molecule has 2 aliphatic carbocycles. The Morgan fingerprint density at radius 1 is 1.10 bits per heavy atom. The van der Waals surface area contributed by atoms with E-state index in [2.05, 4.69) is 11.8 Å². The molecule has 0 bridgehead atoms. The quantitative estimate of drug-likeness (QED) is 0.865. The first kappa shape index (κ1) is 15.8. The molecule has 122 valence electrons. The molecule has 1 saturated heterocycles. The zero-order valence-corrected chi connectivity index (χ0v) is 13.9. The van der Waals surface area contributed by atoms with Gasteiger partial charge < -0.3 is 10.5 Å². The maximum atomic E-state index is 6.92. The number of nitrogens with two attached hydrogens (primary N) is 1. The second kappa shape index (κ2) is 6.97. The van der Waals surface area contributed by atoms with Gasteiger partial charge in [-0.05, 0) is 37.5 Å². The monoisotopic (exact) mass is 294 g/mol. The summed E-state index contributed by atoms with van der Waals surface area (Å²) in [7, 11) is 0. The Kier molecular flexibility index (Phi) is 5.23. The number of ether oxygens (including phenoxy) is 1. The van der Waals surface area contributed by atoms with Gasteiger partial charge in [-0.3, -0.25) is 4.90 Å². The van der Waals surface area contributed by atoms with Crippen LogP contribution in [0.1, 0.15) is 64.7 Å². The Morgan fingerprint density at radius 2 is 1.71 bits per heavy atom. The third-order valence-electron chi connectivity index (χ3n) is 6.71. The summed E-state index contributed by atoms with van der Waals surface area (Å²) in [5, 5.41) is 0. The highest BCUT2D eigenvalue weighted by atomic mass is 16.5. The molecule has 3 nitrogen and oxygen atoms in total. The number of nitrogens with zero attached hydrogens (tertiary/aromatic N) is 1. The van der Waals surface area contributed by atoms with E-state index >= 15 is 0 Å². The molecule has 0 amide bonds. The average molecular weight is 294 g/mol. The summed E-state index contributed by atoms with van der Waals surface area (Å²) < 4.78 is 5.58. The van der Waals surface area contributed by atoms with Crippen molar-refractivity contribution in [2.45, 2.75) is 76.3 Å². The SMILES string of the molecule is CCC1CCC(C(N)C2(N3CCOCC3)CCCC2)CC1. The van der Waals surface area contributed by atoms with E-state index < -0.39 is 0 Å². The topological polar surface area (TPSA) is 38.5 Å². The predicted molar refractivity (Wildman–Crippen MR) is 87.3 cm³/mol. The van der Waals surface area contributed by atoms with Crippen molar-refractivity contribution in [3.63, 3.8) is 0 Å². The Morgan fingerprint density at radius 3 is 2.29 bits per heavy atom.